The van der Waals surface area contributed by atoms with Crippen LogP contribution in [0.1, 0.15) is 25.0 Å². The number of benzene rings is 5. The fraction of sp³-hybridized carbons (Fsp3) is 0.0909. The predicted octanol–water partition coefficient (Wildman–Crippen LogP) is 10.4. The van der Waals surface area contributed by atoms with Crippen LogP contribution < -0.4 is 14.9 Å². The van der Waals surface area contributed by atoms with Gasteiger partial charge in [-0.2, -0.15) is 0 Å². The number of nitrogens with zero attached hydrogens (tertiary/aromatic N) is 1. The minimum absolute atomic E-state index is 0.135. The molecule has 0 saturated heterocycles. The van der Waals surface area contributed by atoms with Gasteiger partial charge in [-0.3, -0.25) is 4.31 Å². The summed E-state index contributed by atoms with van der Waals surface area (Å²) in [7, 11) is 0. The van der Waals surface area contributed by atoms with E-state index in [0.717, 1.165) is 27.2 Å². The number of nitrogens with one attached hydrogen (secondary N) is 2. The zero-order chi connectivity index (χ0) is 25.9. The van der Waals surface area contributed by atoms with Crippen molar-refractivity contribution in [3.63, 3.8) is 0 Å². The molecule has 0 atom stereocenters. The molecule has 5 aromatic rings. The number of rotatable bonds is 3. The molecule has 3 nitrogen and oxygen atoms in total. The molecule has 0 aromatic heterocycles. The largest absolute Gasteiger partial charge is 0.355 e. The highest BCUT2D eigenvalue weighted by Crippen LogP contribution is 2.52. The first kappa shape index (κ1) is 23.4. The topological polar surface area (TPSA) is 27.3 Å². The molecule has 0 fully saturated rings. The van der Waals surface area contributed by atoms with Crippen LogP contribution in [0.15, 0.2) is 119 Å². The minimum Gasteiger partial charge on any atom is -0.355 e. The van der Waals surface area contributed by atoms with Crippen molar-refractivity contribution in [2.45, 2.75) is 24.2 Å². The highest BCUT2D eigenvalue weighted by atomic mass is 79.9. The van der Waals surface area contributed by atoms with Gasteiger partial charge in [-0.25, -0.2) is 0 Å². The molecule has 0 spiro atoms. The molecule has 0 aliphatic carbocycles. The Labute approximate surface area is 236 Å². The average molecular weight is 577 g/mol. The molecule has 0 amide bonds. The summed E-state index contributed by atoms with van der Waals surface area (Å²) in [5.74, 6) is 0. The standard InChI is InChI=1S/C33H26BrN3S/c1-33(2)25-12-6-7-13-26(25)35-27-14-8-11-24(32(27)33)21-15-17-30-28(19-21)36-29-20-22(34)16-18-31(29)37(30)38-23-9-4-3-5-10-23/h3-20,35-36H,1-2H3. The molecular weight excluding hydrogens is 550 g/mol. The van der Waals surface area contributed by atoms with Gasteiger partial charge in [0.1, 0.15) is 0 Å². The Bertz CT molecular complexity index is 1700. The zero-order valence-corrected chi connectivity index (χ0v) is 23.5. The van der Waals surface area contributed by atoms with Crippen LogP contribution in [0.5, 0.6) is 0 Å². The van der Waals surface area contributed by atoms with Crippen LogP contribution >= 0.6 is 27.9 Å². The number of fused-ring (bicyclic) bond motifs is 4. The summed E-state index contributed by atoms with van der Waals surface area (Å²) >= 11 is 5.40. The van der Waals surface area contributed by atoms with Gasteiger partial charge in [0.2, 0.25) is 0 Å². The maximum absolute atomic E-state index is 3.72. The van der Waals surface area contributed by atoms with Crippen molar-refractivity contribution >= 4 is 62.0 Å². The Hall–Kier alpha value is -3.67. The summed E-state index contributed by atoms with van der Waals surface area (Å²) < 4.78 is 3.38. The zero-order valence-electron chi connectivity index (χ0n) is 21.1. The molecule has 0 saturated carbocycles. The molecule has 7 rings (SSSR count). The molecule has 5 heteroatoms. The van der Waals surface area contributed by atoms with Crippen LogP contribution in [-0.2, 0) is 5.41 Å². The van der Waals surface area contributed by atoms with E-state index in [2.05, 4.69) is 154 Å². The smallest absolute Gasteiger partial charge is 0.0765 e. The average Bonchev–Trinajstić information content (AvgIpc) is 2.93. The third-order valence-corrected chi connectivity index (χ3v) is 9.02. The molecular formula is C33H26BrN3S. The molecule has 186 valence electrons. The molecule has 0 bridgehead atoms. The fourth-order valence-corrected chi connectivity index (χ4v) is 7.08. The third-order valence-electron chi connectivity index (χ3n) is 7.47. The lowest BCUT2D eigenvalue weighted by molar-refractivity contribution is 0.640. The second-order valence-electron chi connectivity index (χ2n) is 10.2. The first-order valence-corrected chi connectivity index (χ1v) is 14.3. The van der Waals surface area contributed by atoms with E-state index in [-0.39, 0.29) is 5.41 Å². The Morgan fingerprint density at radius 2 is 1.34 bits per heavy atom. The molecule has 2 aliphatic rings. The summed E-state index contributed by atoms with van der Waals surface area (Å²) in [5.41, 5.74) is 11.8. The van der Waals surface area contributed by atoms with E-state index in [1.54, 1.807) is 11.9 Å². The molecule has 2 N–H and O–H groups in total. The summed E-state index contributed by atoms with van der Waals surface area (Å²) in [6, 6.07) is 39.0. The predicted molar refractivity (Wildman–Crippen MR) is 166 cm³/mol. The normalized spacial score (nSPS) is 14.3. The van der Waals surface area contributed by atoms with Crippen LogP contribution in [-0.4, -0.2) is 0 Å². The highest BCUT2D eigenvalue weighted by Gasteiger charge is 2.35. The minimum atomic E-state index is -0.135. The lowest BCUT2D eigenvalue weighted by Gasteiger charge is -2.37. The molecule has 0 unspecified atom stereocenters. The van der Waals surface area contributed by atoms with Gasteiger partial charge in [0, 0.05) is 26.2 Å². The van der Waals surface area contributed by atoms with Crippen molar-refractivity contribution < 1.29 is 0 Å². The second kappa shape index (κ2) is 8.97. The maximum Gasteiger partial charge on any atom is 0.0765 e. The van der Waals surface area contributed by atoms with E-state index in [1.165, 1.54) is 38.5 Å². The van der Waals surface area contributed by atoms with Crippen molar-refractivity contribution in [3.05, 3.63) is 125 Å². The third kappa shape index (κ3) is 3.80. The van der Waals surface area contributed by atoms with Crippen molar-refractivity contribution in [1.29, 1.82) is 0 Å². The highest BCUT2D eigenvalue weighted by molar-refractivity contribution is 9.10. The van der Waals surface area contributed by atoms with E-state index >= 15 is 0 Å². The summed E-state index contributed by atoms with van der Waals surface area (Å²) in [6.45, 7) is 4.66. The van der Waals surface area contributed by atoms with E-state index in [4.69, 9.17) is 0 Å². The van der Waals surface area contributed by atoms with Crippen LogP contribution in [0.4, 0.5) is 34.1 Å². The Kier molecular flexibility index (Phi) is 5.53. The van der Waals surface area contributed by atoms with Crippen LogP contribution in [0.3, 0.4) is 0 Å². The number of anilines is 6. The van der Waals surface area contributed by atoms with E-state index in [0.29, 0.717) is 0 Å². The monoisotopic (exact) mass is 575 g/mol. The Morgan fingerprint density at radius 3 is 2.18 bits per heavy atom. The summed E-state index contributed by atoms with van der Waals surface area (Å²) in [5, 5.41) is 7.41. The van der Waals surface area contributed by atoms with Crippen LogP contribution in [0.25, 0.3) is 11.1 Å². The second-order valence-corrected chi connectivity index (χ2v) is 12.2. The number of hydrogen-bond acceptors (Lipinski definition) is 4. The van der Waals surface area contributed by atoms with Crippen molar-refractivity contribution in [2.75, 3.05) is 14.9 Å². The van der Waals surface area contributed by atoms with E-state index in [1.807, 2.05) is 0 Å². The van der Waals surface area contributed by atoms with E-state index < -0.39 is 0 Å². The SMILES string of the molecule is CC1(C)c2ccccc2Nc2cccc(-c3ccc4c(c3)Nc3cc(Br)ccc3N4Sc3ccccc3)c21. The van der Waals surface area contributed by atoms with Crippen molar-refractivity contribution in [2.24, 2.45) is 0 Å². The van der Waals surface area contributed by atoms with E-state index in [9.17, 15) is 0 Å². The quantitative estimate of drug-likeness (QED) is 0.209. The number of halogens is 1. The van der Waals surface area contributed by atoms with Crippen LogP contribution in [0.2, 0.25) is 0 Å². The van der Waals surface area contributed by atoms with Gasteiger partial charge in [-0.05, 0) is 88.8 Å². The van der Waals surface area contributed by atoms with Gasteiger partial charge in [-0.1, -0.05) is 84.4 Å². The molecule has 2 heterocycles. The lowest BCUT2D eigenvalue weighted by Crippen LogP contribution is -2.26. The first-order valence-electron chi connectivity index (χ1n) is 12.7. The molecule has 5 aromatic carbocycles. The summed E-state index contributed by atoms with van der Waals surface area (Å²) in [4.78, 5) is 1.20. The molecule has 38 heavy (non-hydrogen) atoms. The molecule has 2 aliphatic heterocycles. The van der Waals surface area contributed by atoms with Gasteiger partial charge < -0.3 is 10.6 Å². The summed E-state index contributed by atoms with van der Waals surface area (Å²) in [6.07, 6.45) is 0. The van der Waals surface area contributed by atoms with Crippen molar-refractivity contribution in [1.82, 2.24) is 0 Å². The fourth-order valence-electron chi connectivity index (χ4n) is 5.71. The molecule has 0 radical (unpaired) electrons. The van der Waals surface area contributed by atoms with Gasteiger partial charge in [0.05, 0.1) is 22.7 Å². The number of para-hydroxylation sites is 1. The lowest BCUT2D eigenvalue weighted by atomic mass is 9.71. The van der Waals surface area contributed by atoms with Crippen molar-refractivity contribution in [3.8, 4) is 11.1 Å². The maximum atomic E-state index is 3.72. The van der Waals surface area contributed by atoms with Gasteiger partial charge in [0.15, 0.2) is 0 Å². The van der Waals surface area contributed by atoms with Gasteiger partial charge in [0.25, 0.3) is 0 Å². The Morgan fingerprint density at radius 1 is 0.658 bits per heavy atom. The number of hydrogen-bond donors (Lipinski definition) is 2. The van der Waals surface area contributed by atoms with Gasteiger partial charge in [-0.15, -0.1) is 0 Å². The Balaban J connectivity index is 1.36. The van der Waals surface area contributed by atoms with Crippen LogP contribution in [0, 0.1) is 0 Å². The first-order chi connectivity index (χ1) is 18.5. The van der Waals surface area contributed by atoms with Gasteiger partial charge >= 0.3 is 0 Å².